The summed E-state index contributed by atoms with van der Waals surface area (Å²) in [5, 5.41) is 14.5. The maximum absolute atomic E-state index is 13.9. The highest BCUT2D eigenvalue weighted by Crippen LogP contribution is 2.42. The molecule has 0 saturated carbocycles. The van der Waals surface area contributed by atoms with Crippen LogP contribution in [-0.4, -0.2) is 63.8 Å². The number of nitrogens with one attached hydrogen (secondary N) is 1. The number of carbonyl (C=O) groups is 1. The van der Waals surface area contributed by atoms with Crippen molar-refractivity contribution in [2.45, 2.75) is 18.8 Å². The maximum atomic E-state index is 13.9. The highest BCUT2D eigenvalue weighted by atomic mass is 19.4. The lowest BCUT2D eigenvalue weighted by Gasteiger charge is -2.35. The Hall–Kier alpha value is -5.45. The molecule has 11 nitrogen and oxygen atoms in total. The number of nitrogens with zero attached hydrogens (tertiary/aromatic N) is 7. The SMILES string of the molecule is N#Cc1ccc(N2CCN(C(=O)c3cc(OCC4c5ccccc5CN4c4cn[nH]c(=O)c4C(F)(F)F)ccn3)CC2)nc1. The molecule has 5 heterocycles. The van der Waals surface area contributed by atoms with Crippen molar-refractivity contribution in [3.8, 4) is 11.8 Å². The summed E-state index contributed by atoms with van der Waals surface area (Å²) in [5.41, 5.74) is -0.773. The number of carbonyl (C=O) groups excluding carboxylic acids is 1. The molecule has 1 aromatic carbocycles. The summed E-state index contributed by atoms with van der Waals surface area (Å²) in [4.78, 5) is 39.2. The lowest BCUT2D eigenvalue weighted by atomic mass is 10.1. The molecule has 4 aromatic rings. The van der Waals surface area contributed by atoms with Crippen LogP contribution in [0.25, 0.3) is 0 Å². The third kappa shape index (κ3) is 5.63. The zero-order chi connectivity index (χ0) is 30.8. The van der Waals surface area contributed by atoms with Gasteiger partial charge in [-0.05, 0) is 29.3 Å². The Morgan fingerprint density at radius 2 is 1.86 bits per heavy atom. The van der Waals surface area contributed by atoms with E-state index in [1.165, 1.54) is 23.4 Å². The molecule has 1 atom stereocenters. The summed E-state index contributed by atoms with van der Waals surface area (Å²) in [6.45, 7) is 2.04. The number of rotatable bonds is 6. The molecule has 14 heteroatoms. The second-order valence-corrected chi connectivity index (χ2v) is 10.3. The van der Waals surface area contributed by atoms with E-state index in [-0.39, 0.29) is 30.4 Å². The van der Waals surface area contributed by atoms with E-state index in [1.807, 2.05) is 28.2 Å². The summed E-state index contributed by atoms with van der Waals surface area (Å²) >= 11 is 0. The second-order valence-electron chi connectivity index (χ2n) is 10.3. The van der Waals surface area contributed by atoms with E-state index >= 15 is 0 Å². The molecule has 44 heavy (non-hydrogen) atoms. The van der Waals surface area contributed by atoms with Crippen LogP contribution in [0.3, 0.4) is 0 Å². The number of hydrogen-bond donors (Lipinski definition) is 1. The van der Waals surface area contributed by atoms with Crippen LogP contribution in [-0.2, 0) is 12.7 Å². The molecule has 0 spiro atoms. The Morgan fingerprint density at radius 1 is 1.07 bits per heavy atom. The second kappa shape index (κ2) is 11.7. The highest BCUT2D eigenvalue weighted by molar-refractivity contribution is 5.92. The first kappa shape index (κ1) is 28.7. The summed E-state index contributed by atoms with van der Waals surface area (Å²) in [5.74, 6) is 0.777. The number of nitriles is 1. The van der Waals surface area contributed by atoms with Gasteiger partial charge in [-0.25, -0.2) is 10.1 Å². The van der Waals surface area contributed by atoms with Crippen molar-refractivity contribution in [2.75, 3.05) is 42.6 Å². The molecule has 224 valence electrons. The van der Waals surface area contributed by atoms with Crippen LogP contribution in [0, 0.1) is 11.3 Å². The molecule has 0 aliphatic carbocycles. The topological polar surface area (TPSA) is 131 Å². The molecule has 0 bridgehead atoms. The minimum atomic E-state index is -4.89. The third-order valence-electron chi connectivity index (χ3n) is 7.69. The largest absolute Gasteiger partial charge is 0.491 e. The van der Waals surface area contributed by atoms with Gasteiger partial charge in [0.15, 0.2) is 0 Å². The van der Waals surface area contributed by atoms with Gasteiger partial charge >= 0.3 is 6.18 Å². The molecule has 1 saturated heterocycles. The fourth-order valence-electron chi connectivity index (χ4n) is 5.51. The Bertz CT molecular complexity index is 1780. The van der Waals surface area contributed by atoms with Gasteiger partial charge in [-0.2, -0.15) is 23.5 Å². The van der Waals surface area contributed by atoms with E-state index in [4.69, 9.17) is 10.00 Å². The number of ether oxygens (including phenoxy) is 1. The van der Waals surface area contributed by atoms with Gasteiger partial charge in [0.2, 0.25) is 0 Å². The monoisotopic (exact) mass is 602 g/mol. The Morgan fingerprint density at radius 3 is 2.59 bits per heavy atom. The molecule has 2 aliphatic heterocycles. The van der Waals surface area contributed by atoms with Gasteiger partial charge in [-0.15, -0.1) is 0 Å². The molecule has 1 N–H and O–H groups in total. The number of H-pyrrole nitrogens is 1. The minimum absolute atomic E-state index is 0.0605. The molecule has 0 radical (unpaired) electrons. The van der Waals surface area contributed by atoms with Crippen LogP contribution in [0.2, 0.25) is 0 Å². The van der Waals surface area contributed by atoms with Crippen molar-refractivity contribution in [1.82, 2.24) is 25.1 Å². The van der Waals surface area contributed by atoms with Crippen molar-refractivity contribution in [3.63, 3.8) is 0 Å². The molecule has 1 fully saturated rings. The molecule has 2 aliphatic rings. The molecular weight excluding hydrogens is 577 g/mol. The quantitative estimate of drug-likeness (QED) is 0.352. The fourth-order valence-corrected chi connectivity index (χ4v) is 5.51. The lowest BCUT2D eigenvalue weighted by Crippen LogP contribution is -2.49. The molecule has 3 aromatic heterocycles. The molecular formula is C30H25F3N8O3. The van der Waals surface area contributed by atoms with Crippen molar-refractivity contribution >= 4 is 17.4 Å². The summed E-state index contributed by atoms with van der Waals surface area (Å²) in [6.07, 6.45) is -0.931. The lowest BCUT2D eigenvalue weighted by molar-refractivity contribution is -0.138. The standard InChI is InChI=1S/C30H25F3N8O3/c31-30(32,33)27-24(16-37-38-28(27)42)41-17-20-3-1-2-4-22(20)25(41)18-44-21-7-8-35-23(13-21)29(43)40-11-9-39(10-12-40)26-6-5-19(14-34)15-36-26/h1-8,13,15-16,25H,9-12,17-18H2,(H,38,42). The number of halogens is 3. The van der Waals surface area contributed by atoms with E-state index in [9.17, 15) is 22.8 Å². The number of alkyl halides is 3. The number of fused-ring (bicyclic) bond motifs is 1. The van der Waals surface area contributed by atoms with Crippen LogP contribution < -0.4 is 20.1 Å². The molecule has 1 amide bonds. The normalized spacial score (nSPS) is 16.4. The van der Waals surface area contributed by atoms with E-state index in [1.54, 1.807) is 35.2 Å². The van der Waals surface area contributed by atoms with E-state index in [0.29, 0.717) is 37.5 Å². The number of hydrogen-bond acceptors (Lipinski definition) is 9. The van der Waals surface area contributed by atoms with E-state index < -0.39 is 23.3 Å². The van der Waals surface area contributed by atoms with Gasteiger partial charge in [0, 0.05) is 51.2 Å². The van der Waals surface area contributed by atoms with Gasteiger partial charge in [-0.1, -0.05) is 24.3 Å². The molecule has 1 unspecified atom stereocenters. The molecule has 6 rings (SSSR count). The Balaban J connectivity index is 1.16. The number of anilines is 2. The predicted octanol–water partition coefficient (Wildman–Crippen LogP) is 3.55. The minimum Gasteiger partial charge on any atom is -0.491 e. The average Bonchev–Trinajstić information content (AvgIpc) is 3.41. The number of benzene rings is 1. The number of aromatic amines is 1. The number of amides is 1. The van der Waals surface area contributed by atoms with Gasteiger partial charge in [0.05, 0.1) is 23.5 Å². The zero-order valence-corrected chi connectivity index (χ0v) is 23.2. The summed E-state index contributed by atoms with van der Waals surface area (Å²) in [6, 6.07) is 15.2. The van der Waals surface area contributed by atoms with Gasteiger partial charge in [0.1, 0.15) is 35.5 Å². The van der Waals surface area contributed by atoms with Gasteiger partial charge < -0.3 is 19.4 Å². The zero-order valence-electron chi connectivity index (χ0n) is 23.2. The highest BCUT2D eigenvalue weighted by Gasteiger charge is 2.42. The Labute approximate surface area is 249 Å². The predicted molar refractivity (Wildman–Crippen MR) is 152 cm³/mol. The van der Waals surface area contributed by atoms with Gasteiger partial charge in [0.25, 0.3) is 11.5 Å². The summed E-state index contributed by atoms with van der Waals surface area (Å²) in [7, 11) is 0. The number of pyridine rings is 2. The number of aromatic nitrogens is 4. The fraction of sp³-hybridized carbons (Fsp3) is 0.267. The number of piperazine rings is 1. The van der Waals surface area contributed by atoms with E-state index in [0.717, 1.165) is 23.1 Å². The van der Waals surface area contributed by atoms with Crippen molar-refractivity contribution in [2.24, 2.45) is 0 Å². The van der Waals surface area contributed by atoms with Crippen LogP contribution in [0.5, 0.6) is 5.75 Å². The maximum Gasteiger partial charge on any atom is 0.423 e. The smallest absolute Gasteiger partial charge is 0.423 e. The van der Waals surface area contributed by atoms with Crippen molar-refractivity contribution < 1.29 is 22.7 Å². The first-order valence-corrected chi connectivity index (χ1v) is 13.7. The average molecular weight is 603 g/mol. The first-order valence-electron chi connectivity index (χ1n) is 13.7. The van der Waals surface area contributed by atoms with Crippen molar-refractivity contribution in [3.05, 3.63) is 105 Å². The van der Waals surface area contributed by atoms with Crippen LogP contribution in [0.4, 0.5) is 24.7 Å². The first-order chi connectivity index (χ1) is 21.2. The van der Waals surface area contributed by atoms with Crippen molar-refractivity contribution in [1.29, 1.82) is 5.26 Å². The van der Waals surface area contributed by atoms with Crippen LogP contribution in [0.15, 0.2) is 71.9 Å². The van der Waals surface area contributed by atoms with Gasteiger partial charge in [-0.3, -0.25) is 14.6 Å². The summed E-state index contributed by atoms with van der Waals surface area (Å²) < 4.78 is 47.8. The van der Waals surface area contributed by atoms with E-state index in [2.05, 4.69) is 15.1 Å². The third-order valence-corrected chi connectivity index (χ3v) is 7.69. The van der Waals surface area contributed by atoms with Crippen LogP contribution in [0.1, 0.15) is 38.8 Å². The van der Waals surface area contributed by atoms with Crippen LogP contribution >= 0.6 is 0 Å². The Kier molecular flexibility index (Phi) is 7.60.